The highest BCUT2D eigenvalue weighted by atomic mass is 32.1. The molecule has 0 spiro atoms. The molecule has 2 aromatic carbocycles. The highest BCUT2D eigenvalue weighted by Crippen LogP contribution is 2.68. The van der Waals surface area contributed by atoms with Gasteiger partial charge in [-0.05, 0) is 84.3 Å². The van der Waals surface area contributed by atoms with Crippen molar-refractivity contribution < 1.29 is 115 Å². The standard InChI is InChI=1S/C65H65F25OS4/c1-3-5-7-9-11-13-15-17-19-21-23-43-37-50(41-27-25-40(39-91)26-28-41)94-52(43)48-35-33-46(92-48)47-34-36-49(93-47)53-44(24-22-20-18-16-14-12-10-8-6-4-2)38-51(95-53)42-29-31-45(32-30-42)54(66,67)55(68,69)56(70,71)57(72,73)58(74,75)59(76,77)60(78,79)61(80,81)62(82,83)63(84,85)64(86,87)65(88,89)90/h25-39H,3-24H2,1-2H3. The fourth-order valence-corrected chi connectivity index (χ4v) is 15.2. The number of halogens is 25. The maximum absolute atomic E-state index is 15.6. The van der Waals surface area contributed by atoms with E-state index in [1.54, 1.807) is 35.6 Å². The summed E-state index contributed by atoms with van der Waals surface area (Å²) in [6.07, 6.45) is 14.9. The third kappa shape index (κ3) is 15.6. The third-order valence-corrected chi connectivity index (χ3v) is 21.5. The summed E-state index contributed by atoms with van der Waals surface area (Å²) in [4.78, 5) is 17.6. The summed E-state index contributed by atoms with van der Waals surface area (Å²) < 4.78 is 357. The van der Waals surface area contributed by atoms with Crippen molar-refractivity contribution in [3.63, 3.8) is 0 Å². The molecular formula is C65H65F25OS4. The summed E-state index contributed by atoms with van der Waals surface area (Å²) in [6, 6.07) is 19.3. The molecule has 0 bridgehead atoms. The Morgan fingerprint density at radius 3 is 0.874 bits per heavy atom. The summed E-state index contributed by atoms with van der Waals surface area (Å²) in [7, 11) is 0. The Morgan fingerprint density at radius 2 is 0.568 bits per heavy atom. The van der Waals surface area contributed by atoms with Crippen LogP contribution in [0.3, 0.4) is 0 Å². The van der Waals surface area contributed by atoms with Gasteiger partial charge in [-0.1, -0.05) is 178 Å². The van der Waals surface area contributed by atoms with Crippen molar-refractivity contribution in [2.75, 3.05) is 0 Å². The third-order valence-electron chi connectivity index (χ3n) is 16.3. The van der Waals surface area contributed by atoms with Gasteiger partial charge in [-0.25, -0.2) is 0 Å². The van der Waals surface area contributed by atoms with Gasteiger partial charge in [-0.15, -0.1) is 45.3 Å². The molecule has 0 N–H and O–H groups in total. The Bertz CT molecular complexity index is 3410. The molecule has 4 heterocycles. The minimum atomic E-state index is -9.65. The zero-order valence-electron chi connectivity index (χ0n) is 50.7. The molecule has 0 unspecified atom stereocenters. The predicted octanol–water partition coefficient (Wildman–Crippen LogP) is 27.0. The van der Waals surface area contributed by atoms with E-state index in [0.29, 0.717) is 45.9 Å². The molecule has 1 nitrogen and oxygen atoms in total. The number of hydrogen-bond acceptors (Lipinski definition) is 5. The van der Waals surface area contributed by atoms with Gasteiger partial charge in [0.2, 0.25) is 0 Å². The lowest BCUT2D eigenvalue weighted by molar-refractivity contribution is -0.482. The van der Waals surface area contributed by atoms with Gasteiger partial charge in [-0.3, -0.25) is 4.79 Å². The Morgan fingerprint density at radius 1 is 0.295 bits per heavy atom. The Hall–Kier alpha value is -4.84. The molecule has 530 valence electrons. The normalized spacial score (nSPS) is 14.0. The Kier molecular flexibility index (Phi) is 25.6. The average Bonchev–Trinajstić information content (AvgIpc) is 1.12. The number of benzene rings is 2. The van der Waals surface area contributed by atoms with Crippen molar-refractivity contribution in [1.82, 2.24) is 0 Å². The van der Waals surface area contributed by atoms with Gasteiger partial charge in [0.05, 0.1) is 0 Å². The number of aryl methyl sites for hydroxylation is 2. The number of thiophene rings is 4. The molecule has 4 aromatic heterocycles. The van der Waals surface area contributed by atoms with Crippen molar-refractivity contribution in [2.24, 2.45) is 0 Å². The molecule has 0 saturated heterocycles. The second-order valence-corrected chi connectivity index (χ2v) is 27.5. The number of aldehydes is 1. The van der Waals surface area contributed by atoms with Gasteiger partial charge >= 0.3 is 71.3 Å². The summed E-state index contributed by atoms with van der Waals surface area (Å²) in [5.74, 6) is -99.2. The number of unbranched alkanes of at least 4 members (excludes halogenated alkanes) is 18. The molecule has 6 rings (SSSR count). The van der Waals surface area contributed by atoms with Crippen LogP contribution in [0, 0.1) is 0 Å². The van der Waals surface area contributed by atoms with Gasteiger partial charge in [0, 0.05) is 50.1 Å². The molecule has 0 aliphatic heterocycles. The second-order valence-electron chi connectivity index (χ2n) is 23.3. The van der Waals surface area contributed by atoms with Gasteiger partial charge in [0.1, 0.15) is 6.29 Å². The molecule has 0 amide bonds. The number of hydrogen-bond donors (Lipinski definition) is 0. The van der Waals surface area contributed by atoms with E-state index >= 15 is 26.3 Å². The Labute approximate surface area is 547 Å². The van der Waals surface area contributed by atoms with E-state index in [1.165, 1.54) is 61.2 Å². The summed E-state index contributed by atoms with van der Waals surface area (Å²) in [5.41, 5.74) is 0.578. The number of carbonyl (C=O) groups excluding carboxylic acids is 1. The van der Waals surface area contributed by atoms with Crippen LogP contribution in [0.25, 0.3) is 50.1 Å². The van der Waals surface area contributed by atoms with E-state index in [-0.39, 0.29) is 22.6 Å². The van der Waals surface area contributed by atoms with Crippen LogP contribution in [-0.4, -0.2) is 71.7 Å². The predicted molar refractivity (Wildman–Crippen MR) is 321 cm³/mol. The minimum Gasteiger partial charge on any atom is -0.298 e. The molecule has 95 heavy (non-hydrogen) atoms. The van der Waals surface area contributed by atoms with Crippen LogP contribution in [0.4, 0.5) is 110 Å². The molecular weight excluding hydrogens is 1400 g/mol. The smallest absolute Gasteiger partial charge is 0.298 e. The zero-order chi connectivity index (χ0) is 71.1. The topological polar surface area (TPSA) is 17.1 Å². The van der Waals surface area contributed by atoms with Crippen molar-refractivity contribution in [1.29, 1.82) is 0 Å². The largest absolute Gasteiger partial charge is 0.460 e. The first-order valence-corrected chi connectivity index (χ1v) is 33.6. The Balaban J connectivity index is 1.28. The highest BCUT2D eigenvalue weighted by Gasteiger charge is 2.99. The van der Waals surface area contributed by atoms with Crippen molar-refractivity contribution in [2.45, 2.75) is 226 Å². The lowest BCUT2D eigenvalue weighted by Gasteiger charge is -2.45. The first-order valence-electron chi connectivity index (χ1n) is 30.4. The minimum absolute atomic E-state index is 0.167. The maximum atomic E-state index is 15.6. The van der Waals surface area contributed by atoms with Gasteiger partial charge in [0.15, 0.2) is 0 Å². The molecule has 0 aliphatic carbocycles. The van der Waals surface area contributed by atoms with Gasteiger partial charge < -0.3 is 0 Å². The monoisotopic (exact) mass is 1460 g/mol. The number of carbonyl (C=O) groups is 1. The van der Waals surface area contributed by atoms with E-state index in [9.17, 15) is 88.2 Å². The lowest BCUT2D eigenvalue weighted by Crippen LogP contribution is -2.78. The first kappa shape index (κ1) is 79.1. The highest BCUT2D eigenvalue weighted by molar-refractivity contribution is 7.29. The van der Waals surface area contributed by atoms with E-state index in [0.717, 1.165) is 143 Å². The molecule has 0 fully saturated rings. The fourth-order valence-electron chi connectivity index (χ4n) is 10.4. The van der Waals surface area contributed by atoms with Crippen LogP contribution in [0.15, 0.2) is 84.9 Å². The van der Waals surface area contributed by atoms with Crippen molar-refractivity contribution in [3.05, 3.63) is 107 Å². The van der Waals surface area contributed by atoms with Crippen LogP contribution >= 0.6 is 45.3 Å². The number of rotatable bonds is 39. The van der Waals surface area contributed by atoms with Crippen LogP contribution < -0.4 is 0 Å². The van der Waals surface area contributed by atoms with Crippen LogP contribution in [0.5, 0.6) is 0 Å². The van der Waals surface area contributed by atoms with E-state index in [4.69, 9.17) is 0 Å². The fraction of sp³-hybridized carbons (Fsp3) is 0.554. The molecule has 6 aromatic rings. The first-order chi connectivity index (χ1) is 44.0. The van der Waals surface area contributed by atoms with Crippen LogP contribution in [-0.2, 0) is 18.8 Å². The lowest BCUT2D eigenvalue weighted by atomic mass is 9.84. The molecule has 0 atom stereocenters. The maximum Gasteiger partial charge on any atom is 0.460 e. The van der Waals surface area contributed by atoms with E-state index in [2.05, 4.69) is 19.9 Å². The molecule has 0 saturated carbocycles. The number of alkyl halides is 25. The van der Waals surface area contributed by atoms with Gasteiger partial charge in [-0.2, -0.15) is 110 Å². The zero-order valence-corrected chi connectivity index (χ0v) is 54.0. The van der Waals surface area contributed by atoms with Crippen molar-refractivity contribution >= 4 is 51.6 Å². The SMILES string of the molecule is CCCCCCCCCCCCc1cc(-c2ccc(C=O)cc2)sc1-c1ccc(-c2ccc(-c3sc(-c4ccc(C(F)(F)C(F)(F)C(F)(F)C(F)(F)C(F)(F)C(F)(F)C(F)(F)C(F)(F)C(F)(F)C(F)(F)C(F)(F)C(F)(F)F)cc4)cc3CCCCCCCCCCCC)s2)s1. The summed E-state index contributed by atoms with van der Waals surface area (Å²) >= 11 is 5.53. The summed E-state index contributed by atoms with van der Waals surface area (Å²) in [6.45, 7) is 4.27. The van der Waals surface area contributed by atoms with Crippen LogP contribution in [0.2, 0.25) is 0 Å². The van der Waals surface area contributed by atoms with E-state index < -0.39 is 76.9 Å². The molecule has 30 heteroatoms. The quantitative estimate of drug-likeness (QED) is 0.0214. The molecule has 0 aliphatic rings. The second kappa shape index (κ2) is 30.7. The average molecular weight is 1470 g/mol. The summed E-state index contributed by atoms with van der Waals surface area (Å²) in [5, 5.41) is 0. The van der Waals surface area contributed by atoms with E-state index in [1.807, 2.05) is 30.3 Å². The van der Waals surface area contributed by atoms with Crippen LogP contribution in [0.1, 0.15) is 169 Å². The molecule has 0 radical (unpaired) electrons. The van der Waals surface area contributed by atoms with Gasteiger partial charge in [0.25, 0.3) is 0 Å². The van der Waals surface area contributed by atoms with Crippen molar-refractivity contribution in [3.8, 4) is 50.1 Å².